The van der Waals surface area contributed by atoms with Crippen molar-refractivity contribution in [3.63, 3.8) is 0 Å². The van der Waals surface area contributed by atoms with E-state index in [1.807, 2.05) is 7.05 Å². The van der Waals surface area contributed by atoms with Gasteiger partial charge in [0.05, 0.1) is 6.61 Å². The van der Waals surface area contributed by atoms with E-state index in [-0.39, 0.29) is 0 Å². The first kappa shape index (κ1) is 11.8. The molecular weight excluding hydrogens is 166 g/mol. The fourth-order valence-electron chi connectivity index (χ4n) is 0.844. The van der Waals surface area contributed by atoms with Crippen LogP contribution in [0.4, 0.5) is 0 Å². The molecule has 1 unspecified atom stereocenters. The molecule has 0 rings (SSSR count). The Labute approximate surface area is 79.6 Å². The van der Waals surface area contributed by atoms with Gasteiger partial charge in [-0.25, -0.2) is 0 Å². The summed E-state index contributed by atoms with van der Waals surface area (Å²) in [6.07, 6.45) is 4.68. The second-order valence-electron chi connectivity index (χ2n) is 2.93. The highest BCUT2D eigenvalue weighted by atomic mass is 16.5. The number of hydrogen-bond donors (Lipinski definition) is 3. The predicted molar refractivity (Wildman–Crippen MR) is 54.6 cm³/mol. The summed E-state index contributed by atoms with van der Waals surface area (Å²) in [5.74, 6) is 0.837. The molecule has 0 bridgehead atoms. The van der Waals surface area contributed by atoms with Crippen molar-refractivity contribution in [2.75, 3.05) is 20.2 Å². The molecule has 0 saturated heterocycles. The first-order valence-corrected chi connectivity index (χ1v) is 4.32. The fraction of sp³-hybridized carbons (Fsp3) is 0.556. The average Bonchev–Trinajstić information content (AvgIpc) is 2.12. The number of nitrogens with two attached hydrogens (primary N) is 2. The molecule has 0 aromatic rings. The molecule has 5 N–H and O–H groups in total. The van der Waals surface area contributed by atoms with Gasteiger partial charge in [0.2, 0.25) is 0 Å². The summed E-state index contributed by atoms with van der Waals surface area (Å²) < 4.78 is 5.25. The van der Waals surface area contributed by atoms with Gasteiger partial charge in [-0.3, -0.25) is 0 Å². The molecule has 1 atom stereocenters. The Morgan fingerprint density at radius 3 is 2.85 bits per heavy atom. The summed E-state index contributed by atoms with van der Waals surface area (Å²) in [6, 6.07) is 0. The largest absolute Gasteiger partial charge is 0.479 e. The highest BCUT2D eigenvalue weighted by Gasteiger charge is 2.00. The molecule has 0 saturated carbocycles. The Hall–Kier alpha value is -1.16. The SMILES string of the molecule is CNCC(C)CO/C(N)=C/C=C\N. The summed E-state index contributed by atoms with van der Waals surface area (Å²) in [5.41, 5.74) is 10.7. The van der Waals surface area contributed by atoms with Crippen molar-refractivity contribution in [1.82, 2.24) is 5.32 Å². The smallest absolute Gasteiger partial charge is 0.183 e. The third-order valence-corrected chi connectivity index (χ3v) is 1.46. The maximum Gasteiger partial charge on any atom is 0.183 e. The van der Waals surface area contributed by atoms with Crippen molar-refractivity contribution < 1.29 is 4.74 Å². The molecule has 0 aliphatic heterocycles. The van der Waals surface area contributed by atoms with Gasteiger partial charge in [0.15, 0.2) is 5.88 Å². The molecule has 0 aromatic heterocycles. The molecule has 0 aromatic carbocycles. The maximum atomic E-state index is 5.52. The molecule has 0 radical (unpaired) electrons. The molecule has 0 aliphatic carbocycles. The monoisotopic (exact) mass is 185 g/mol. The lowest BCUT2D eigenvalue weighted by Gasteiger charge is -2.11. The van der Waals surface area contributed by atoms with E-state index in [1.165, 1.54) is 6.20 Å². The van der Waals surface area contributed by atoms with E-state index in [9.17, 15) is 0 Å². The van der Waals surface area contributed by atoms with Crippen molar-refractivity contribution in [3.8, 4) is 0 Å². The van der Waals surface area contributed by atoms with Crippen LogP contribution < -0.4 is 16.8 Å². The second kappa shape index (κ2) is 7.49. The molecular formula is C9H19N3O. The Bertz CT molecular complexity index is 178. The number of hydrogen-bond acceptors (Lipinski definition) is 4. The van der Waals surface area contributed by atoms with E-state index < -0.39 is 0 Å². The van der Waals surface area contributed by atoms with E-state index in [0.717, 1.165) is 6.54 Å². The van der Waals surface area contributed by atoms with Crippen LogP contribution in [-0.2, 0) is 4.74 Å². The molecule has 0 aliphatic rings. The summed E-state index contributed by atoms with van der Waals surface area (Å²) in [7, 11) is 1.91. The first-order chi connectivity index (χ1) is 6.20. The van der Waals surface area contributed by atoms with Crippen LogP contribution in [0.3, 0.4) is 0 Å². The molecule has 0 heterocycles. The number of rotatable bonds is 6. The Kier molecular flexibility index (Phi) is 6.82. The molecule has 4 nitrogen and oxygen atoms in total. The van der Waals surface area contributed by atoms with Crippen LogP contribution in [0.2, 0.25) is 0 Å². The van der Waals surface area contributed by atoms with Gasteiger partial charge in [0.1, 0.15) is 0 Å². The molecule has 4 heteroatoms. The molecule has 0 amide bonds. The van der Waals surface area contributed by atoms with E-state index in [2.05, 4.69) is 12.2 Å². The van der Waals surface area contributed by atoms with Gasteiger partial charge in [0.25, 0.3) is 0 Å². The van der Waals surface area contributed by atoms with Crippen molar-refractivity contribution in [1.29, 1.82) is 0 Å². The maximum absolute atomic E-state index is 5.52. The number of nitrogens with one attached hydrogen (secondary N) is 1. The Balaban J connectivity index is 3.62. The van der Waals surface area contributed by atoms with Gasteiger partial charge in [-0.1, -0.05) is 6.92 Å². The van der Waals surface area contributed by atoms with E-state index >= 15 is 0 Å². The van der Waals surface area contributed by atoms with Crippen LogP contribution >= 0.6 is 0 Å². The molecule has 13 heavy (non-hydrogen) atoms. The average molecular weight is 185 g/mol. The summed E-state index contributed by atoms with van der Waals surface area (Å²) in [5, 5.41) is 3.06. The molecule has 0 spiro atoms. The Morgan fingerprint density at radius 1 is 1.62 bits per heavy atom. The minimum absolute atomic E-state index is 0.393. The summed E-state index contributed by atoms with van der Waals surface area (Å²) in [4.78, 5) is 0. The number of allylic oxidation sites excluding steroid dienone is 2. The molecule has 76 valence electrons. The first-order valence-electron chi connectivity index (χ1n) is 4.32. The lowest BCUT2D eigenvalue weighted by atomic mass is 10.2. The van der Waals surface area contributed by atoms with Crippen molar-refractivity contribution in [2.45, 2.75) is 6.92 Å². The van der Waals surface area contributed by atoms with Crippen molar-refractivity contribution in [3.05, 3.63) is 24.2 Å². The van der Waals surface area contributed by atoms with Crippen LogP contribution in [0.1, 0.15) is 6.92 Å². The minimum Gasteiger partial charge on any atom is -0.479 e. The van der Waals surface area contributed by atoms with Crippen LogP contribution in [0.15, 0.2) is 24.2 Å². The van der Waals surface area contributed by atoms with E-state index in [0.29, 0.717) is 18.4 Å². The highest BCUT2D eigenvalue weighted by Crippen LogP contribution is 1.97. The van der Waals surface area contributed by atoms with E-state index in [1.54, 1.807) is 12.2 Å². The zero-order valence-corrected chi connectivity index (χ0v) is 8.29. The third kappa shape index (κ3) is 7.21. The fourth-order valence-corrected chi connectivity index (χ4v) is 0.844. The van der Waals surface area contributed by atoms with Crippen molar-refractivity contribution >= 4 is 0 Å². The van der Waals surface area contributed by atoms with Crippen LogP contribution in [0.25, 0.3) is 0 Å². The van der Waals surface area contributed by atoms with Crippen LogP contribution in [0, 0.1) is 5.92 Å². The van der Waals surface area contributed by atoms with Crippen LogP contribution in [0.5, 0.6) is 0 Å². The topological polar surface area (TPSA) is 73.3 Å². The lowest BCUT2D eigenvalue weighted by molar-refractivity contribution is 0.169. The second-order valence-corrected chi connectivity index (χ2v) is 2.93. The van der Waals surface area contributed by atoms with Crippen LogP contribution in [-0.4, -0.2) is 20.2 Å². The zero-order chi connectivity index (χ0) is 10.1. The zero-order valence-electron chi connectivity index (χ0n) is 8.29. The van der Waals surface area contributed by atoms with Gasteiger partial charge in [0, 0.05) is 12.5 Å². The standard InChI is InChI=1S/C9H19N3O/c1-8(6-12-2)7-13-9(11)4-3-5-10/h3-5,8,12H,6-7,10-11H2,1-2H3/b5-3-,9-4+. The predicted octanol–water partition coefficient (Wildman–Crippen LogP) is 0.131. The quantitative estimate of drug-likeness (QED) is 0.406. The van der Waals surface area contributed by atoms with Gasteiger partial charge in [-0.15, -0.1) is 0 Å². The minimum atomic E-state index is 0.393. The van der Waals surface area contributed by atoms with Crippen molar-refractivity contribution in [2.24, 2.45) is 17.4 Å². The van der Waals surface area contributed by atoms with Gasteiger partial charge in [-0.05, 0) is 25.4 Å². The van der Waals surface area contributed by atoms with E-state index in [4.69, 9.17) is 16.2 Å². The summed E-state index contributed by atoms with van der Waals surface area (Å²) >= 11 is 0. The van der Waals surface area contributed by atoms with Gasteiger partial charge < -0.3 is 21.5 Å². The molecule has 0 fully saturated rings. The third-order valence-electron chi connectivity index (χ3n) is 1.46. The summed E-state index contributed by atoms with van der Waals surface area (Å²) in [6.45, 7) is 3.62. The normalized spacial score (nSPS) is 14.8. The van der Waals surface area contributed by atoms with Gasteiger partial charge >= 0.3 is 0 Å². The highest BCUT2D eigenvalue weighted by molar-refractivity contribution is 5.03. The Morgan fingerprint density at radius 2 is 2.31 bits per heavy atom. The lowest BCUT2D eigenvalue weighted by Crippen LogP contribution is -2.21. The number of ether oxygens (including phenoxy) is 1. The van der Waals surface area contributed by atoms with Gasteiger partial charge in [-0.2, -0.15) is 0 Å².